The van der Waals surface area contributed by atoms with Crippen LogP contribution >= 0.6 is 0 Å². The van der Waals surface area contributed by atoms with Gasteiger partial charge in [-0.2, -0.15) is 0 Å². The first kappa shape index (κ1) is 21.0. The normalized spacial score (nSPS) is 16.7. The van der Waals surface area contributed by atoms with E-state index in [2.05, 4.69) is 10.3 Å². The van der Waals surface area contributed by atoms with E-state index in [1.165, 1.54) is 0 Å². The van der Waals surface area contributed by atoms with Crippen molar-refractivity contribution in [2.24, 2.45) is 5.41 Å². The summed E-state index contributed by atoms with van der Waals surface area (Å²) in [5.41, 5.74) is 2.36. The van der Waals surface area contributed by atoms with Crippen LogP contribution in [-0.4, -0.2) is 38.8 Å². The van der Waals surface area contributed by atoms with Crippen molar-refractivity contribution in [3.63, 3.8) is 0 Å². The second-order valence-electron chi connectivity index (χ2n) is 9.07. The first-order valence-electron chi connectivity index (χ1n) is 10.8. The average molecular weight is 416 g/mol. The minimum atomic E-state index is -0.389. The van der Waals surface area contributed by atoms with Gasteiger partial charge >= 0.3 is 0 Å². The molecule has 1 aliphatic rings. The van der Waals surface area contributed by atoms with Gasteiger partial charge < -0.3 is 10.2 Å². The van der Waals surface area contributed by atoms with Crippen molar-refractivity contribution in [3.05, 3.63) is 66.7 Å². The lowest BCUT2D eigenvalue weighted by Crippen LogP contribution is -2.44. The summed E-state index contributed by atoms with van der Waals surface area (Å²) in [6, 6.07) is 15.8. The number of nitrogens with one attached hydrogen (secondary N) is 1. The minimum absolute atomic E-state index is 0.105. The summed E-state index contributed by atoms with van der Waals surface area (Å²) in [6.07, 6.45) is 5.49. The van der Waals surface area contributed by atoms with Crippen LogP contribution in [0.4, 0.5) is 11.5 Å². The Morgan fingerprint density at radius 3 is 2.61 bits per heavy atom. The topological polar surface area (TPSA) is 71.0 Å². The van der Waals surface area contributed by atoms with Crippen LogP contribution in [-0.2, 0) is 4.79 Å². The zero-order valence-corrected chi connectivity index (χ0v) is 18.4. The molecule has 1 amide bonds. The number of anilines is 2. The van der Waals surface area contributed by atoms with Crippen LogP contribution in [0.1, 0.15) is 45.4 Å². The number of para-hydroxylation sites is 1. The highest BCUT2D eigenvalue weighted by molar-refractivity contribution is 5.81. The minimum Gasteiger partial charge on any atom is -0.342 e. The van der Waals surface area contributed by atoms with E-state index in [9.17, 15) is 4.79 Å². The van der Waals surface area contributed by atoms with Gasteiger partial charge in [-0.25, -0.2) is 9.97 Å². The molecule has 6 heteroatoms. The maximum absolute atomic E-state index is 12.9. The van der Waals surface area contributed by atoms with Crippen molar-refractivity contribution < 1.29 is 4.79 Å². The van der Waals surface area contributed by atoms with E-state index in [0.29, 0.717) is 6.54 Å². The zero-order chi connectivity index (χ0) is 21.8. The lowest BCUT2D eigenvalue weighted by atomic mass is 9.91. The lowest BCUT2D eigenvalue weighted by molar-refractivity contribution is -0.140. The zero-order valence-electron chi connectivity index (χ0n) is 18.4. The van der Waals surface area contributed by atoms with Gasteiger partial charge in [-0.15, -0.1) is 0 Å². The number of piperidine rings is 1. The van der Waals surface area contributed by atoms with E-state index in [-0.39, 0.29) is 17.2 Å². The molecule has 0 saturated carbocycles. The Labute approximate surface area is 183 Å². The highest BCUT2D eigenvalue weighted by atomic mass is 16.2. The number of carbonyl (C=O) groups is 1. The summed E-state index contributed by atoms with van der Waals surface area (Å²) in [4.78, 5) is 28.8. The van der Waals surface area contributed by atoms with E-state index in [1.54, 1.807) is 6.20 Å². The summed E-state index contributed by atoms with van der Waals surface area (Å²) < 4.78 is 0. The van der Waals surface area contributed by atoms with Crippen molar-refractivity contribution in [1.82, 2.24) is 19.9 Å². The molecule has 1 aromatic carbocycles. The molecule has 1 aliphatic heterocycles. The summed E-state index contributed by atoms with van der Waals surface area (Å²) in [5, 5.41) is 3.40. The molecule has 0 spiro atoms. The van der Waals surface area contributed by atoms with Crippen LogP contribution in [0.5, 0.6) is 0 Å². The van der Waals surface area contributed by atoms with E-state index >= 15 is 0 Å². The highest BCUT2D eigenvalue weighted by Crippen LogP contribution is 2.31. The van der Waals surface area contributed by atoms with Crippen molar-refractivity contribution in [2.75, 3.05) is 18.4 Å². The molecule has 4 rings (SSSR count). The quantitative estimate of drug-likeness (QED) is 0.647. The lowest BCUT2D eigenvalue weighted by Gasteiger charge is -2.36. The molecule has 1 atom stereocenters. The standard InChI is InChI=1S/C25H29N5O/c1-25(2,3)24(31)30-14-8-10-19(17-30)23-28-21(18-9-7-13-26-16-18)15-22(29-23)27-20-11-5-4-6-12-20/h4-7,9,11-13,15-16,19H,8,10,14,17H2,1-3H3,(H,27,28,29)/t19-/m1/s1. The maximum atomic E-state index is 12.9. The molecule has 0 bridgehead atoms. The maximum Gasteiger partial charge on any atom is 0.227 e. The molecule has 0 radical (unpaired) electrons. The van der Waals surface area contributed by atoms with E-state index in [1.807, 2.05) is 80.4 Å². The van der Waals surface area contributed by atoms with Gasteiger partial charge in [-0.05, 0) is 37.1 Å². The molecule has 31 heavy (non-hydrogen) atoms. The summed E-state index contributed by atoms with van der Waals surface area (Å²) in [6.45, 7) is 7.36. The number of hydrogen-bond acceptors (Lipinski definition) is 5. The molecule has 3 heterocycles. The molecular formula is C25H29N5O. The number of rotatable bonds is 4. The Morgan fingerprint density at radius 2 is 1.90 bits per heavy atom. The predicted octanol–water partition coefficient (Wildman–Crippen LogP) is 5.03. The van der Waals surface area contributed by atoms with E-state index in [4.69, 9.17) is 9.97 Å². The monoisotopic (exact) mass is 415 g/mol. The summed E-state index contributed by atoms with van der Waals surface area (Å²) in [7, 11) is 0. The number of hydrogen-bond donors (Lipinski definition) is 1. The average Bonchev–Trinajstić information content (AvgIpc) is 2.79. The van der Waals surface area contributed by atoms with E-state index < -0.39 is 0 Å². The number of aromatic nitrogens is 3. The Balaban J connectivity index is 1.67. The van der Waals surface area contributed by atoms with Crippen LogP contribution in [0, 0.1) is 5.41 Å². The third-order valence-corrected chi connectivity index (χ3v) is 5.46. The molecule has 160 valence electrons. The van der Waals surface area contributed by atoms with Crippen molar-refractivity contribution in [1.29, 1.82) is 0 Å². The number of carbonyl (C=O) groups excluding carboxylic acids is 1. The van der Waals surface area contributed by atoms with Gasteiger partial charge in [-0.3, -0.25) is 9.78 Å². The van der Waals surface area contributed by atoms with Crippen LogP contribution in [0.25, 0.3) is 11.3 Å². The molecular weight excluding hydrogens is 386 g/mol. The van der Waals surface area contributed by atoms with Gasteiger partial charge in [0.1, 0.15) is 11.6 Å². The van der Waals surface area contributed by atoms with Gasteiger partial charge in [0.05, 0.1) is 5.69 Å². The molecule has 2 aromatic heterocycles. The van der Waals surface area contributed by atoms with Crippen molar-refractivity contribution in [2.45, 2.75) is 39.5 Å². The second-order valence-corrected chi connectivity index (χ2v) is 9.07. The fourth-order valence-electron chi connectivity index (χ4n) is 3.89. The van der Waals surface area contributed by atoms with Crippen LogP contribution in [0.2, 0.25) is 0 Å². The fraction of sp³-hybridized carbons (Fsp3) is 0.360. The Morgan fingerprint density at radius 1 is 1.10 bits per heavy atom. The molecule has 1 N–H and O–H groups in total. The molecule has 1 saturated heterocycles. The number of likely N-dealkylation sites (tertiary alicyclic amines) is 1. The smallest absolute Gasteiger partial charge is 0.227 e. The first-order valence-corrected chi connectivity index (χ1v) is 10.8. The molecule has 3 aromatic rings. The predicted molar refractivity (Wildman–Crippen MR) is 123 cm³/mol. The number of pyridine rings is 1. The molecule has 6 nitrogen and oxygen atoms in total. The van der Waals surface area contributed by atoms with Gasteiger partial charge in [-0.1, -0.05) is 39.0 Å². The highest BCUT2D eigenvalue weighted by Gasteiger charge is 2.32. The SMILES string of the molecule is CC(C)(C)C(=O)N1CCC[C@@H](c2nc(Nc3ccccc3)cc(-c3cccnc3)n2)C1. The van der Waals surface area contributed by atoms with Gasteiger partial charge in [0.15, 0.2) is 0 Å². The van der Waals surface area contributed by atoms with Crippen molar-refractivity contribution in [3.8, 4) is 11.3 Å². The van der Waals surface area contributed by atoms with E-state index in [0.717, 1.165) is 48.0 Å². The molecule has 1 fully saturated rings. The van der Waals surface area contributed by atoms with Crippen molar-refractivity contribution >= 4 is 17.4 Å². The number of nitrogens with zero attached hydrogens (tertiary/aromatic N) is 4. The second kappa shape index (κ2) is 8.84. The largest absolute Gasteiger partial charge is 0.342 e. The van der Waals surface area contributed by atoms with Gasteiger partial charge in [0.25, 0.3) is 0 Å². The number of amides is 1. The Bertz CT molecular complexity index is 1030. The fourth-order valence-corrected chi connectivity index (χ4v) is 3.89. The third-order valence-electron chi connectivity index (χ3n) is 5.46. The van der Waals surface area contributed by atoms with Crippen LogP contribution in [0.3, 0.4) is 0 Å². The summed E-state index contributed by atoms with van der Waals surface area (Å²) in [5.74, 6) is 1.80. The summed E-state index contributed by atoms with van der Waals surface area (Å²) >= 11 is 0. The Kier molecular flexibility index (Phi) is 5.98. The first-order chi connectivity index (χ1) is 14.9. The third kappa shape index (κ3) is 5.08. The Hall–Kier alpha value is -3.28. The van der Waals surface area contributed by atoms with Crippen LogP contribution < -0.4 is 5.32 Å². The van der Waals surface area contributed by atoms with Gasteiger partial charge in [0.2, 0.25) is 5.91 Å². The molecule has 0 aliphatic carbocycles. The van der Waals surface area contributed by atoms with Crippen LogP contribution in [0.15, 0.2) is 60.9 Å². The molecule has 0 unspecified atom stereocenters. The van der Waals surface area contributed by atoms with Gasteiger partial charge in [0, 0.05) is 54.1 Å². The number of benzene rings is 1.